The van der Waals surface area contributed by atoms with Gasteiger partial charge in [-0.2, -0.15) is 0 Å². The molecule has 110 valence electrons. The van der Waals surface area contributed by atoms with Crippen LogP contribution in [0.3, 0.4) is 0 Å². The first-order valence-electron chi connectivity index (χ1n) is 7.68. The van der Waals surface area contributed by atoms with Gasteiger partial charge in [0.15, 0.2) is 0 Å². The van der Waals surface area contributed by atoms with Gasteiger partial charge >= 0.3 is 0 Å². The van der Waals surface area contributed by atoms with Crippen molar-refractivity contribution in [1.82, 2.24) is 10.6 Å². The highest BCUT2D eigenvalue weighted by atomic mass is 16.2. The van der Waals surface area contributed by atoms with Gasteiger partial charge in [-0.25, -0.2) is 0 Å². The van der Waals surface area contributed by atoms with E-state index in [1.807, 2.05) is 12.1 Å². The van der Waals surface area contributed by atoms with Gasteiger partial charge in [-0.15, -0.1) is 0 Å². The number of rotatable bonds is 3. The lowest BCUT2D eigenvalue weighted by Crippen LogP contribution is -2.37. The first-order chi connectivity index (χ1) is 10.2. The molecular formula is C18H22N2O. The molecule has 0 aromatic heterocycles. The average Bonchev–Trinajstić information content (AvgIpc) is 2.92. The Morgan fingerprint density at radius 3 is 2.76 bits per heavy atom. The molecule has 0 radical (unpaired) electrons. The number of benzene rings is 2. The van der Waals surface area contributed by atoms with Crippen LogP contribution in [0.4, 0.5) is 0 Å². The third kappa shape index (κ3) is 2.79. The molecule has 3 unspecified atom stereocenters. The molecule has 3 nitrogen and oxygen atoms in total. The number of amides is 1. The van der Waals surface area contributed by atoms with E-state index in [2.05, 4.69) is 54.8 Å². The van der Waals surface area contributed by atoms with Crippen LogP contribution < -0.4 is 10.6 Å². The number of fused-ring (bicyclic) bond motifs is 1. The summed E-state index contributed by atoms with van der Waals surface area (Å²) in [6, 6.07) is 14.9. The summed E-state index contributed by atoms with van der Waals surface area (Å²) in [6.45, 7) is 5.08. The zero-order valence-corrected chi connectivity index (χ0v) is 12.6. The number of hydrogen-bond acceptors (Lipinski definition) is 2. The smallest absolute Gasteiger partial charge is 0.225 e. The first kappa shape index (κ1) is 14.1. The molecule has 21 heavy (non-hydrogen) atoms. The molecule has 1 saturated heterocycles. The van der Waals surface area contributed by atoms with Crippen molar-refractivity contribution in [3.63, 3.8) is 0 Å². The second-order valence-corrected chi connectivity index (χ2v) is 5.94. The van der Waals surface area contributed by atoms with E-state index in [1.165, 1.54) is 16.3 Å². The van der Waals surface area contributed by atoms with Crippen LogP contribution in [0.2, 0.25) is 0 Å². The Hall–Kier alpha value is -1.87. The molecule has 1 amide bonds. The summed E-state index contributed by atoms with van der Waals surface area (Å²) >= 11 is 0. The number of carbonyl (C=O) groups excluding carboxylic acids is 1. The third-order valence-corrected chi connectivity index (χ3v) is 4.51. The van der Waals surface area contributed by atoms with Gasteiger partial charge in [0.2, 0.25) is 5.91 Å². The number of carbonyl (C=O) groups is 1. The van der Waals surface area contributed by atoms with Gasteiger partial charge in [0.1, 0.15) is 0 Å². The fourth-order valence-corrected chi connectivity index (χ4v) is 3.24. The van der Waals surface area contributed by atoms with E-state index < -0.39 is 0 Å². The fraction of sp³-hybridized carbons (Fsp3) is 0.389. The normalized spacial score (nSPS) is 23.1. The van der Waals surface area contributed by atoms with Crippen LogP contribution in [0.5, 0.6) is 0 Å². The van der Waals surface area contributed by atoms with Gasteiger partial charge in [0.05, 0.1) is 12.0 Å². The van der Waals surface area contributed by atoms with Crippen LogP contribution in [0.15, 0.2) is 42.5 Å². The minimum atomic E-state index is 0.0244. The standard InChI is InChI=1S/C18H22N2O/c1-12-16(10-11-19-12)18(21)20-13(2)15-9-5-7-14-6-3-4-8-17(14)15/h3-9,12-13,16,19H,10-11H2,1-2H3,(H,20,21). The molecule has 2 aromatic carbocycles. The lowest BCUT2D eigenvalue weighted by Gasteiger charge is -2.21. The van der Waals surface area contributed by atoms with Crippen LogP contribution in [0.1, 0.15) is 31.9 Å². The van der Waals surface area contributed by atoms with E-state index >= 15 is 0 Å². The Bertz CT molecular complexity index is 647. The van der Waals surface area contributed by atoms with E-state index in [1.54, 1.807) is 0 Å². The van der Waals surface area contributed by atoms with E-state index in [0.717, 1.165) is 13.0 Å². The van der Waals surface area contributed by atoms with E-state index in [0.29, 0.717) is 0 Å². The molecule has 0 bridgehead atoms. The Balaban J connectivity index is 1.81. The van der Waals surface area contributed by atoms with Gasteiger partial charge < -0.3 is 10.6 Å². The lowest BCUT2D eigenvalue weighted by molar-refractivity contribution is -0.125. The highest BCUT2D eigenvalue weighted by molar-refractivity contribution is 5.87. The molecule has 2 aromatic rings. The predicted molar refractivity (Wildman–Crippen MR) is 86.1 cm³/mol. The number of hydrogen-bond donors (Lipinski definition) is 2. The summed E-state index contributed by atoms with van der Waals surface area (Å²) < 4.78 is 0. The molecule has 0 spiro atoms. The van der Waals surface area contributed by atoms with Crippen molar-refractivity contribution < 1.29 is 4.79 Å². The molecule has 3 rings (SSSR count). The maximum absolute atomic E-state index is 12.4. The van der Waals surface area contributed by atoms with Gasteiger partial charge in [0.25, 0.3) is 0 Å². The summed E-state index contributed by atoms with van der Waals surface area (Å²) in [5.41, 5.74) is 1.18. The SMILES string of the molecule is CC(NC(=O)C1CCNC1C)c1cccc2ccccc12. The van der Waals surface area contributed by atoms with Gasteiger partial charge in [-0.05, 0) is 43.1 Å². The predicted octanol–water partition coefficient (Wildman–Crippen LogP) is 3.02. The minimum Gasteiger partial charge on any atom is -0.349 e. The van der Waals surface area contributed by atoms with Gasteiger partial charge in [0, 0.05) is 6.04 Å². The Morgan fingerprint density at radius 1 is 1.24 bits per heavy atom. The van der Waals surface area contributed by atoms with E-state index in [4.69, 9.17) is 0 Å². The molecule has 1 heterocycles. The van der Waals surface area contributed by atoms with Crippen molar-refractivity contribution in [2.45, 2.75) is 32.4 Å². The second kappa shape index (κ2) is 5.86. The van der Waals surface area contributed by atoms with Crippen molar-refractivity contribution in [3.05, 3.63) is 48.0 Å². The average molecular weight is 282 g/mol. The van der Waals surface area contributed by atoms with Gasteiger partial charge in [-0.1, -0.05) is 42.5 Å². The monoisotopic (exact) mass is 282 g/mol. The Kier molecular flexibility index (Phi) is 3.93. The zero-order valence-electron chi connectivity index (χ0n) is 12.6. The summed E-state index contributed by atoms with van der Waals surface area (Å²) in [4.78, 5) is 12.4. The molecule has 0 aliphatic carbocycles. The summed E-state index contributed by atoms with van der Waals surface area (Å²) in [5, 5.41) is 8.94. The van der Waals surface area contributed by atoms with E-state index in [-0.39, 0.29) is 23.9 Å². The molecule has 1 fully saturated rings. The van der Waals surface area contributed by atoms with Crippen LogP contribution in [-0.2, 0) is 4.79 Å². The largest absolute Gasteiger partial charge is 0.349 e. The molecule has 2 N–H and O–H groups in total. The number of nitrogens with one attached hydrogen (secondary N) is 2. The topological polar surface area (TPSA) is 41.1 Å². The summed E-state index contributed by atoms with van der Waals surface area (Å²) in [6.07, 6.45) is 0.926. The lowest BCUT2D eigenvalue weighted by atomic mass is 9.97. The maximum Gasteiger partial charge on any atom is 0.225 e. The molecule has 3 atom stereocenters. The Labute approximate surface area is 125 Å². The Morgan fingerprint density at radius 2 is 2.00 bits per heavy atom. The van der Waals surface area contributed by atoms with Crippen LogP contribution in [0, 0.1) is 5.92 Å². The van der Waals surface area contributed by atoms with Crippen LogP contribution >= 0.6 is 0 Å². The van der Waals surface area contributed by atoms with Crippen molar-refractivity contribution in [2.75, 3.05) is 6.54 Å². The van der Waals surface area contributed by atoms with Crippen molar-refractivity contribution in [3.8, 4) is 0 Å². The van der Waals surface area contributed by atoms with Crippen LogP contribution in [-0.4, -0.2) is 18.5 Å². The van der Waals surface area contributed by atoms with Crippen LogP contribution in [0.25, 0.3) is 10.8 Å². The molecule has 3 heteroatoms. The molecular weight excluding hydrogens is 260 g/mol. The first-order valence-corrected chi connectivity index (χ1v) is 7.68. The molecule has 1 aliphatic rings. The molecule has 1 aliphatic heterocycles. The third-order valence-electron chi connectivity index (χ3n) is 4.51. The van der Waals surface area contributed by atoms with Crippen molar-refractivity contribution >= 4 is 16.7 Å². The summed E-state index contributed by atoms with van der Waals surface area (Å²) in [5.74, 6) is 0.246. The quantitative estimate of drug-likeness (QED) is 0.908. The second-order valence-electron chi connectivity index (χ2n) is 5.94. The highest BCUT2D eigenvalue weighted by Gasteiger charge is 2.30. The zero-order chi connectivity index (χ0) is 14.8. The molecule has 0 saturated carbocycles. The van der Waals surface area contributed by atoms with Gasteiger partial charge in [-0.3, -0.25) is 4.79 Å². The highest BCUT2D eigenvalue weighted by Crippen LogP contribution is 2.25. The van der Waals surface area contributed by atoms with Crippen molar-refractivity contribution in [1.29, 1.82) is 0 Å². The fourth-order valence-electron chi connectivity index (χ4n) is 3.24. The van der Waals surface area contributed by atoms with E-state index in [9.17, 15) is 4.79 Å². The van der Waals surface area contributed by atoms with Crippen molar-refractivity contribution in [2.24, 2.45) is 5.92 Å². The minimum absolute atomic E-state index is 0.0244. The summed E-state index contributed by atoms with van der Waals surface area (Å²) in [7, 11) is 0. The maximum atomic E-state index is 12.4.